The highest BCUT2D eigenvalue weighted by atomic mass is 19.1. The van der Waals surface area contributed by atoms with Gasteiger partial charge in [-0.2, -0.15) is 0 Å². The molecule has 0 fully saturated rings. The summed E-state index contributed by atoms with van der Waals surface area (Å²) < 4.78 is 27.6. The molecule has 0 spiro atoms. The smallest absolute Gasteiger partial charge is 0.335 e. The highest BCUT2D eigenvalue weighted by Gasteiger charge is 2.19. The van der Waals surface area contributed by atoms with Crippen molar-refractivity contribution >= 4 is 11.7 Å². The molecule has 0 radical (unpaired) electrons. The van der Waals surface area contributed by atoms with E-state index in [1.165, 1.54) is 0 Å². The Morgan fingerprint density at radius 2 is 1.83 bits per heavy atom. The summed E-state index contributed by atoms with van der Waals surface area (Å²) in [6, 6.07) is 1.70. The van der Waals surface area contributed by atoms with Crippen LogP contribution in [0.15, 0.2) is 12.1 Å². The molecule has 0 amide bonds. The molecular weight excluding hydrogens is 240 g/mol. The second-order valence-electron chi connectivity index (χ2n) is 4.53. The van der Waals surface area contributed by atoms with Gasteiger partial charge in [-0.05, 0) is 25.0 Å². The first kappa shape index (κ1) is 14.4. The quantitative estimate of drug-likeness (QED) is 0.881. The summed E-state index contributed by atoms with van der Waals surface area (Å²) in [5.41, 5.74) is -0.537. The number of halogens is 2. The van der Waals surface area contributed by atoms with Gasteiger partial charge in [-0.25, -0.2) is 13.6 Å². The average molecular weight is 257 g/mol. The van der Waals surface area contributed by atoms with Crippen LogP contribution >= 0.6 is 0 Å². The molecule has 3 nitrogen and oxygen atoms in total. The van der Waals surface area contributed by atoms with Crippen LogP contribution in [0.25, 0.3) is 0 Å². The first-order valence-electron chi connectivity index (χ1n) is 5.84. The van der Waals surface area contributed by atoms with Gasteiger partial charge in [-0.1, -0.05) is 13.8 Å². The lowest BCUT2D eigenvalue weighted by Crippen LogP contribution is -2.29. The van der Waals surface area contributed by atoms with Crippen molar-refractivity contribution in [3.63, 3.8) is 0 Å². The van der Waals surface area contributed by atoms with E-state index in [-0.39, 0.29) is 17.2 Å². The molecule has 0 unspecified atom stereocenters. The molecule has 0 bridgehead atoms. The molecule has 5 heteroatoms. The molecule has 0 saturated heterocycles. The number of carbonyl (C=O) groups is 1. The maximum atomic E-state index is 13.8. The third kappa shape index (κ3) is 3.18. The first-order valence-corrected chi connectivity index (χ1v) is 5.84. The van der Waals surface area contributed by atoms with Gasteiger partial charge in [-0.3, -0.25) is 0 Å². The Kier molecular flexibility index (Phi) is 4.64. The first-order chi connectivity index (χ1) is 8.36. The topological polar surface area (TPSA) is 40.5 Å². The second-order valence-corrected chi connectivity index (χ2v) is 4.53. The largest absolute Gasteiger partial charge is 0.478 e. The van der Waals surface area contributed by atoms with Crippen LogP contribution in [0.3, 0.4) is 0 Å². The highest BCUT2D eigenvalue weighted by molar-refractivity contribution is 5.88. The van der Waals surface area contributed by atoms with Gasteiger partial charge in [-0.15, -0.1) is 0 Å². The van der Waals surface area contributed by atoms with E-state index in [2.05, 4.69) is 0 Å². The molecule has 18 heavy (non-hydrogen) atoms. The monoisotopic (exact) mass is 257 g/mol. The van der Waals surface area contributed by atoms with Crippen molar-refractivity contribution in [1.29, 1.82) is 0 Å². The lowest BCUT2D eigenvalue weighted by Gasteiger charge is -2.26. The van der Waals surface area contributed by atoms with Gasteiger partial charge in [0.05, 0.1) is 5.56 Å². The lowest BCUT2D eigenvalue weighted by atomic mass is 10.1. The third-order valence-corrected chi connectivity index (χ3v) is 2.55. The SMILES string of the molecule is CCN(CC(C)C)c1c(F)cc(C(=O)O)cc1F. The summed E-state index contributed by atoms with van der Waals surface area (Å²) in [5.74, 6) is -2.76. The van der Waals surface area contributed by atoms with Gasteiger partial charge < -0.3 is 10.0 Å². The van der Waals surface area contributed by atoms with Crippen molar-refractivity contribution in [3.05, 3.63) is 29.3 Å². The highest BCUT2D eigenvalue weighted by Crippen LogP contribution is 2.25. The van der Waals surface area contributed by atoms with E-state index < -0.39 is 17.6 Å². The number of hydrogen-bond acceptors (Lipinski definition) is 2. The molecule has 100 valence electrons. The normalized spacial score (nSPS) is 10.8. The van der Waals surface area contributed by atoms with E-state index in [1.54, 1.807) is 11.8 Å². The molecule has 0 aromatic heterocycles. The van der Waals surface area contributed by atoms with Crippen LogP contribution < -0.4 is 4.90 Å². The number of benzene rings is 1. The maximum Gasteiger partial charge on any atom is 0.335 e. The Morgan fingerprint density at radius 3 is 2.17 bits per heavy atom. The summed E-state index contributed by atoms with van der Waals surface area (Å²) >= 11 is 0. The molecule has 1 rings (SSSR count). The Morgan fingerprint density at radius 1 is 1.33 bits per heavy atom. The third-order valence-electron chi connectivity index (χ3n) is 2.55. The fraction of sp³-hybridized carbons (Fsp3) is 0.462. The number of carboxylic acids is 1. The minimum atomic E-state index is -1.34. The summed E-state index contributed by atoms with van der Waals surface area (Å²) in [6.07, 6.45) is 0. The van der Waals surface area contributed by atoms with Gasteiger partial charge in [0.1, 0.15) is 17.3 Å². The van der Waals surface area contributed by atoms with E-state index in [9.17, 15) is 13.6 Å². The van der Waals surface area contributed by atoms with Crippen LogP contribution in [-0.2, 0) is 0 Å². The maximum absolute atomic E-state index is 13.8. The Balaban J connectivity index is 3.19. The zero-order valence-electron chi connectivity index (χ0n) is 10.7. The predicted octanol–water partition coefficient (Wildman–Crippen LogP) is 3.15. The van der Waals surface area contributed by atoms with Crippen LogP contribution in [0, 0.1) is 17.6 Å². The zero-order valence-corrected chi connectivity index (χ0v) is 10.7. The van der Waals surface area contributed by atoms with E-state index in [4.69, 9.17) is 5.11 Å². The van der Waals surface area contributed by atoms with Gasteiger partial charge in [0.2, 0.25) is 0 Å². The molecular formula is C13H17F2NO2. The van der Waals surface area contributed by atoms with Crippen LogP contribution in [0.5, 0.6) is 0 Å². The number of aromatic carboxylic acids is 1. The lowest BCUT2D eigenvalue weighted by molar-refractivity contribution is 0.0695. The fourth-order valence-corrected chi connectivity index (χ4v) is 1.81. The Labute approximate surface area is 105 Å². The zero-order chi connectivity index (χ0) is 13.9. The number of nitrogens with zero attached hydrogens (tertiary/aromatic N) is 1. The number of carboxylic acid groups (broad SMARTS) is 1. The molecule has 1 N–H and O–H groups in total. The molecule has 0 heterocycles. The Bertz CT molecular complexity index is 424. The number of hydrogen-bond donors (Lipinski definition) is 1. The molecule has 1 aromatic rings. The standard InChI is InChI=1S/C13H17F2NO2/c1-4-16(7-8(2)3)12-10(14)5-9(13(17)18)6-11(12)15/h5-6,8H,4,7H2,1-3H3,(H,17,18). The molecule has 0 aliphatic heterocycles. The molecule has 0 atom stereocenters. The van der Waals surface area contributed by atoms with E-state index >= 15 is 0 Å². The van der Waals surface area contributed by atoms with Crippen LogP contribution in [0.1, 0.15) is 31.1 Å². The predicted molar refractivity (Wildman–Crippen MR) is 66.0 cm³/mol. The summed E-state index contributed by atoms with van der Waals surface area (Å²) in [7, 11) is 0. The molecule has 0 saturated carbocycles. The van der Waals surface area contributed by atoms with Crippen molar-refractivity contribution in [3.8, 4) is 0 Å². The van der Waals surface area contributed by atoms with Crippen molar-refractivity contribution in [2.75, 3.05) is 18.0 Å². The van der Waals surface area contributed by atoms with Crippen molar-refractivity contribution in [2.24, 2.45) is 5.92 Å². The van der Waals surface area contributed by atoms with Crippen molar-refractivity contribution in [2.45, 2.75) is 20.8 Å². The van der Waals surface area contributed by atoms with Crippen LogP contribution in [0.2, 0.25) is 0 Å². The van der Waals surface area contributed by atoms with Crippen LogP contribution in [0.4, 0.5) is 14.5 Å². The molecule has 0 aliphatic rings. The number of rotatable bonds is 5. The average Bonchev–Trinajstić information content (AvgIpc) is 2.25. The molecule has 1 aromatic carbocycles. The van der Waals surface area contributed by atoms with Gasteiger partial charge >= 0.3 is 5.97 Å². The van der Waals surface area contributed by atoms with Crippen LogP contribution in [-0.4, -0.2) is 24.2 Å². The Hall–Kier alpha value is -1.65. The van der Waals surface area contributed by atoms with Gasteiger partial charge in [0.25, 0.3) is 0 Å². The summed E-state index contributed by atoms with van der Waals surface area (Å²) in [5, 5.41) is 8.72. The van der Waals surface area contributed by atoms with Gasteiger partial charge in [0.15, 0.2) is 0 Å². The minimum Gasteiger partial charge on any atom is -0.478 e. The number of anilines is 1. The van der Waals surface area contributed by atoms with E-state index in [1.807, 2.05) is 13.8 Å². The van der Waals surface area contributed by atoms with E-state index in [0.717, 1.165) is 12.1 Å². The van der Waals surface area contributed by atoms with Gasteiger partial charge in [0, 0.05) is 13.1 Å². The van der Waals surface area contributed by atoms with Crippen molar-refractivity contribution in [1.82, 2.24) is 0 Å². The molecule has 0 aliphatic carbocycles. The summed E-state index contributed by atoms with van der Waals surface area (Å²) in [4.78, 5) is 12.3. The van der Waals surface area contributed by atoms with E-state index in [0.29, 0.717) is 13.1 Å². The minimum absolute atomic E-state index is 0.156. The second kappa shape index (κ2) is 5.80. The fourth-order valence-electron chi connectivity index (χ4n) is 1.81. The summed E-state index contributed by atoms with van der Waals surface area (Å²) in [6.45, 7) is 6.66. The van der Waals surface area contributed by atoms with Crippen molar-refractivity contribution < 1.29 is 18.7 Å².